The number of hydrogen-bond donors (Lipinski definition) is 3. The molecule has 0 spiro atoms. The summed E-state index contributed by atoms with van der Waals surface area (Å²) in [5.74, 6) is -2.54. The third-order valence-corrected chi connectivity index (χ3v) is 7.43. The number of nitrogen functional groups attached to an aromatic ring is 2. The Morgan fingerprint density at radius 3 is 2.85 bits per heavy atom. The molecule has 0 aliphatic carbocycles. The normalized spacial score (nSPS) is 20.0. The lowest BCUT2D eigenvalue weighted by Crippen LogP contribution is -2.71. The van der Waals surface area contributed by atoms with Crippen LogP contribution in [0.25, 0.3) is 0 Å². The molecule has 0 aromatic carbocycles. The molecule has 5 N–H and O–H groups in total. The maximum absolute atomic E-state index is 12.9. The molecular formula is C19H18ClN7O5S2. The molecule has 1 saturated heterocycles. The van der Waals surface area contributed by atoms with Crippen molar-refractivity contribution in [2.24, 2.45) is 5.16 Å². The number of thioether (sulfide) groups is 1. The summed E-state index contributed by atoms with van der Waals surface area (Å²) < 4.78 is 1.84. The number of nitrogens with one attached hydrogen (secondary N) is 1. The van der Waals surface area contributed by atoms with Crippen LogP contribution in [0.15, 0.2) is 41.0 Å². The van der Waals surface area contributed by atoms with Crippen LogP contribution in [-0.4, -0.2) is 57.7 Å². The largest absolute Gasteiger partial charge is 0.543 e. The average Bonchev–Trinajstić information content (AvgIpc) is 3.12. The zero-order valence-electron chi connectivity index (χ0n) is 17.6. The van der Waals surface area contributed by atoms with Crippen LogP contribution in [0.4, 0.5) is 10.8 Å². The molecule has 1 unspecified atom stereocenters. The fraction of sp³-hybridized carbons (Fsp3) is 0.263. The average molecular weight is 524 g/mol. The summed E-state index contributed by atoms with van der Waals surface area (Å²) in [5, 5.41) is 17.7. The number of carboxylic acid groups (broad SMARTS) is 1. The molecule has 0 radical (unpaired) electrons. The van der Waals surface area contributed by atoms with E-state index in [2.05, 4.69) is 15.5 Å². The highest BCUT2D eigenvalue weighted by Gasteiger charge is 2.53. The molecule has 1 fully saturated rings. The Morgan fingerprint density at radius 2 is 2.24 bits per heavy atom. The van der Waals surface area contributed by atoms with Gasteiger partial charge in [0.15, 0.2) is 29.8 Å². The molecule has 4 heterocycles. The number of carbonyl (C=O) groups excluding carboxylic acids is 3. The number of carboxylic acids is 1. The van der Waals surface area contributed by atoms with Gasteiger partial charge in [0, 0.05) is 17.4 Å². The smallest absolute Gasteiger partial charge is 0.276 e. The Kier molecular flexibility index (Phi) is 6.63. The predicted molar refractivity (Wildman–Crippen MR) is 123 cm³/mol. The highest BCUT2D eigenvalue weighted by Crippen LogP contribution is 2.40. The molecule has 2 aromatic rings. The molecule has 178 valence electrons. The molecule has 0 saturated carbocycles. The number of carbonyl (C=O) groups is 3. The van der Waals surface area contributed by atoms with Gasteiger partial charge in [-0.05, 0) is 6.07 Å². The fourth-order valence-electron chi connectivity index (χ4n) is 3.61. The lowest BCUT2D eigenvalue weighted by atomic mass is 10.0. The van der Waals surface area contributed by atoms with Crippen molar-refractivity contribution in [2.75, 3.05) is 24.3 Å². The number of amides is 2. The van der Waals surface area contributed by atoms with Gasteiger partial charge in [0.25, 0.3) is 11.8 Å². The minimum atomic E-state index is -1.48. The van der Waals surface area contributed by atoms with Crippen LogP contribution in [0.1, 0.15) is 5.69 Å². The maximum Gasteiger partial charge on any atom is 0.276 e. The Bertz CT molecular complexity index is 1250. The molecule has 0 bridgehead atoms. The van der Waals surface area contributed by atoms with Crippen molar-refractivity contribution in [3.05, 3.63) is 45.8 Å². The number of oxime groups is 1. The van der Waals surface area contributed by atoms with Gasteiger partial charge in [-0.2, -0.15) is 4.57 Å². The summed E-state index contributed by atoms with van der Waals surface area (Å²) in [5.41, 5.74) is 12.0. The Labute approximate surface area is 206 Å². The Balaban J connectivity index is 1.55. The molecule has 12 nitrogen and oxygen atoms in total. The summed E-state index contributed by atoms with van der Waals surface area (Å²) in [6.45, 7) is 0.212. The van der Waals surface area contributed by atoms with Crippen LogP contribution in [-0.2, 0) is 25.8 Å². The number of hydrogen-bond acceptors (Lipinski definition) is 11. The summed E-state index contributed by atoms with van der Waals surface area (Å²) in [7, 11) is 1.24. The van der Waals surface area contributed by atoms with E-state index in [1.54, 1.807) is 29.1 Å². The van der Waals surface area contributed by atoms with Crippen molar-refractivity contribution in [3.63, 3.8) is 0 Å². The summed E-state index contributed by atoms with van der Waals surface area (Å²) in [6.07, 6.45) is 3.39. The quantitative estimate of drug-likeness (QED) is 0.172. The van der Waals surface area contributed by atoms with Crippen LogP contribution in [0.3, 0.4) is 0 Å². The van der Waals surface area contributed by atoms with Gasteiger partial charge in [-0.25, -0.2) is 4.98 Å². The van der Waals surface area contributed by atoms with Crippen molar-refractivity contribution < 1.29 is 28.9 Å². The lowest BCUT2D eigenvalue weighted by Gasteiger charge is -2.50. The third kappa shape index (κ3) is 4.38. The van der Waals surface area contributed by atoms with E-state index in [-0.39, 0.29) is 33.1 Å². The minimum Gasteiger partial charge on any atom is -0.543 e. The van der Waals surface area contributed by atoms with E-state index < -0.39 is 29.2 Å². The third-order valence-electron chi connectivity index (χ3n) is 5.01. The first kappa shape index (κ1) is 23.8. The van der Waals surface area contributed by atoms with Crippen molar-refractivity contribution in [1.82, 2.24) is 15.2 Å². The monoisotopic (exact) mass is 523 g/mol. The topological polar surface area (TPSA) is 180 Å². The molecule has 2 aliphatic rings. The molecular weight excluding hydrogens is 506 g/mol. The van der Waals surface area contributed by atoms with Crippen molar-refractivity contribution >= 4 is 69.0 Å². The van der Waals surface area contributed by atoms with Crippen molar-refractivity contribution in [2.45, 2.75) is 18.0 Å². The van der Waals surface area contributed by atoms with E-state index in [0.717, 1.165) is 16.2 Å². The number of aromatic nitrogens is 2. The first-order valence-corrected chi connectivity index (χ1v) is 11.9. The minimum absolute atomic E-state index is 0.0141. The Morgan fingerprint density at radius 1 is 1.47 bits per heavy atom. The van der Waals surface area contributed by atoms with Crippen LogP contribution in [0.2, 0.25) is 4.34 Å². The van der Waals surface area contributed by atoms with Gasteiger partial charge in [-0.15, -0.1) is 11.8 Å². The van der Waals surface area contributed by atoms with Crippen LogP contribution in [0.5, 0.6) is 0 Å². The number of thiazole rings is 1. The molecule has 2 amide bonds. The molecule has 2 aromatic heterocycles. The highest BCUT2D eigenvalue weighted by atomic mass is 35.5. The van der Waals surface area contributed by atoms with E-state index in [1.807, 2.05) is 0 Å². The van der Waals surface area contributed by atoms with Gasteiger partial charge in [-0.3, -0.25) is 14.5 Å². The standard InChI is InChI=1S/C19H18ClN7O5S2/c1-32-25-11(10-14(20)34-19(22)24-10)15(28)23-12-16(29)27-13(18(30)31)8(7-33-17(12)27)5-26-4-2-3-9(21)6-26/h2-4,6,12,17H,5,7,21H2,1H3,(H3-,22,23,24,28,30,31)/t12?,17-/m1/s1. The number of β-lactam (4-membered cyclic amide) rings is 1. The Hall–Kier alpha value is -3.36. The number of rotatable bonds is 7. The molecule has 15 heteroatoms. The maximum atomic E-state index is 12.9. The van der Waals surface area contributed by atoms with Gasteiger partial charge >= 0.3 is 0 Å². The summed E-state index contributed by atoms with van der Waals surface area (Å²) in [6, 6.07) is 2.44. The number of nitrogens with two attached hydrogens (primary N) is 2. The second kappa shape index (κ2) is 9.48. The van der Waals surface area contributed by atoms with E-state index in [1.165, 1.54) is 18.9 Å². The van der Waals surface area contributed by atoms with Gasteiger partial charge in [0.1, 0.15) is 28.6 Å². The molecule has 4 rings (SSSR count). The zero-order valence-corrected chi connectivity index (χ0v) is 19.9. The fourth-order valence-corrected chi connectivity index (χ4v) is 5.87. The number of nitrogens with zero attached hydrogens (tertiary/aromatic N) is 4. The number of pyridine rings is 1. The highest BCUT2D eigenvalue weighted by molar-refractivity contribution is 8.00. The van der Waals surface area contributed by atoms with E-state index in [9.17, 15) is 19.5 Å². The number of fused-ring (bicyclic) bond motifs is 1. The van der Waals surface area contributed by atoms with Gasteiger partial charge in [0.05, 0.1) is 17.4 Å². The predicted octanol–water partition coefficient (Wildman–Crippen LogP) is -1.30. The SMILES string of the molecule is CON=C(C(=O)NC1C(=O)N2C(C(=O)[O-])=C(C[n+]3cccc(N)c3)CS[C@H]12)c1nc(N)sc1Cl. The van der Waals surface area contributed by atoms with E-state index in [0.29, 0.717) is 17.0 Å². The van der Waals surface area contributed by atoms with Gasteiger partial charge < -0.3 is 31.5 Å². The van der Waals surface area contributed by atoms with Crippen LogP contribution >= 0.6 is 34.7 Å². The molecule has 34 heavy (non-hydrogen) atoms. The number of anilines is 2. The van der Waals surface area contributed by atoms with Gasteiger partial charge in [0.2, 0.25) is 0 Å². The van der Waals surface area contributed by atoms with E-state index in [4.69, 9.17) is 27.9 Å². The van der Waals surface area contributed by atoms with Gasteiger partial charge in [-0.1, -0.05) is 28.1 Å². The second-order valence-electron chi connectivity index (χ2n) is 7.21. The van der Waals surface area contributed by atoms with Crippen LogP contribution < -0.4 is 26.5 Å². The molecule has 2 atom stereocenters. The summed E-state index contributed by atoms with van der Waals surface area (Å²) in [4.78, 5) is 47.6. The van der Waals surface area contributed by atoms with E-state index >= 15 is 0 Å². The molecule has 2 aliphatic heterocycles. The first-order valence-electron chi connectivity index (χ1n) is 9.68. The van der Waals surface area contributed by atoms with Crippen molar-refractivity contribution in [3.8, 4) is 0 Å². The lowest BCUT2D eigenvalue weighted by molar-refractivity contribution is -0.688. The summed E-state index contributed by atoms with van der Waals surface area (Å²) >= 11 is 8.35. The zero-order chi connectivity index (χ0) is 24.6. The number of aliphatic carboxylic acids is 1. The second-order valence-corrected chi connectivity index (χ2v) is 9.94. The first-order chi connectivity index (χ1) is 16.2. The number of halogens is 1. The van der Waals surface area contributed by atoms with Crippen LogP contribution in [0, 0.1) is 0 Å². The van der Waals surface area contributed by atoms with Crippen molar-refractivity contribution in [1.29, 1.82) is 0 Å².